The lowest BCUT2D eigenvalue weighted by molar-refractivity contribution is -0.121. The number of hydrogen-bond acceptors (Lipinski definition) is 5. The summed E-state index contributed by atoms with van der Waals surface area (Å²) in [4.78, 5) is 20.3. The van der Waals surface area contributed by atoms with Crippen LogP contribution in [0.15, 0.2) is 6.20 Å². The van der Waals surface area contributed by atoms with Crippen LogP contribution in [-0.4, -0.2) is 41.5 Å². The summed E-state index contributed by atoms with van der Waals surface area (Å²) in [7, 11) is 0. The molecule has 1 aromatic rings. The zero-order valence-corrected chi connectivity index (χ0v) is 15.3. The van der Waals surface area contributed by atoms with Gasteiger partial charge in [0.2, 0.25) is 5.91 Å². The molecule has 0 bridgehead atoms. The first kappa shape index (κ1) is 17.8. The first-order chi connectivity index (χ1) is 11.8. The van der Waals surface area contributed by atoms with Crippen LogP contribution in [0.2, 0.25) is 0 Å². The third-order valence-electron chi connectivity index (χ3n) is 5.29. The molecular formula is C18H30N4OS. The van der Waals surface area contributed by atoms with Gasteiger partial charge >= 0.3 is 0 Å². The van der Waals surface area contributed by atoms with Gasteiger partial charge in [-0.3, -0.25) is 9.69 Å². The summed E-state index contributed by atoms with van der Waals surface area (Å²) < 4.78 is 0. The number of amides is 1. The third-order valence-corrected chi connectivity index (χ3v) is 6.43. The Morgan fingerprint density at radius 3 is 2.88 bits per heavy atom. The van der Waals surface area contributed by atoms with Crippen molar-refractivity contribution in [2.45, 2.75) is 69.9 Å². The van der Waals surface area contributed by atoms with Crippen LogP contribution in [0.25, 0.3) is 0 Å². The summed E-state index contributed by atoms with van der Waals surface area (Å²) in [5.74, 6) is 0.779. The van der Waals surface area contributed by atoms with E-state index in [0.717, 1.165) is 26.1 Å². The first-order valence-electron chi connectivity index (χ1n) is 9.41. The van der Waals surface area contributed by atoms with Gasteiger partial charge in [0.25, 0.3) is 0 Å². The smallest absolute Gasteiger partial charge is 0.221 e. The summed E-state index contributed by atoms with van der Waals surface area (Å²) >= 11 is 1.90. The molecule has 1 aliphatic carbocycles. The van der Waals surface area contributed by atoms with Crippen molar-refractivity contribution in [3.8, 4) is 0 Å². The molecule has 3 rings (SSSR count). The predicted octanol–water partition coefficient (Wildman–Crippen LogP) is 2.62. The van der Waals surface area contributed by atoms with Crippen molar-refractivity contribution in [3.05, 3.63) is 16.1 Å². The van der Waals surface area contributed by atoms with Crippen LogP contribution < -0.4 is 11.1 Å². The summed E-state index contributed by atoms with van der Waals surface area (Å²) in [6.45, 7) is 3.26. The van der Waals surface area contributed by atoms with Crippen molar-refractivity contribution in [2.24, 2.45) is 5.73 Å². The highest BCUT2D eigenvalue weighted by atomic mass is 32.1. The predicted molar refractivity (Wildman–Crippen MR) is 98.1 cm³/mol. The number of rotatable bonds is 7. The van der Waals surface area contributed by atoms with Crippen molar-refractivity contribution < 1.29 is 4.79 Å². The molecule has 2 heterocycles. The van der Waals surface area contributed by atoms with E-state index in [1.807, 2.05) is 11.3 Å². The van der Waals surface area contributed by atoms with Gasteiger partial charge in [-0.25, -0.2) is 4.98 Å². The number of nitrogens with two attached hydrogens (primary N) is 1. The molecule has 1 aliphatic heterocycles. The molecule has 0 aromatic carbocycles. The molecule has 1 atom stereocenters. The van der Waals surface area contributed by atoms with Crippen LogP contribution in [-0.2, 0) is 11.3 Å². The highest BCUT2D eigenvalue weighted by Crippen LogP contribution is 2.36. The van der Waals surface area contributed by atoms with Crippen LogP contribution in [0, 0.1) is 0 Å². The molecule has 1 amide bonds. The maximum atomic E-state index is 11.7. The zero-order valence-electron chi connectivity index (χ0n) is 14.5. The highest BCUT2D eigenvalue weighted by molar-refractivity contribution is 7.11. The summed E-state index contributed by atoms with van der Waals surface area (Å²) in [6, 6.07) is 0.442. The molecule has 0 spiro atoms. The molecule has 6 heteroatoms. The second-order valence-electron chi connectivity index (χ2n) is 7.11. The van der Waals surface area contributed by atoms with E-state index in [0.29, 0.717) is 24.9 Å². The Hall–Kier alpha value is -0.980. The van der Waals surface area contributed by atoms with E-state index in [2.05, 4.69) is 16.4 Å². The summed E-state index contributed by atoms with van der Waals surface area (Å²) in [6.07, 6.45) is 11.5. The van der Waals surface area contributed by atoms with E-state index in [-0.39, 0.29) is 5.91 Å². The average Bonchev–Trinajstić information content (AvgIpc) is 3.25. The number of nitrogens with zero attached hydrogens (tertiary/aromatic N) is 2. The first-order valence-corrected chi connectivity index (χ1v) is 10.2. The molecule has 134 valence electrons. The lowest BCUT2D eigenvalue weighted by atomic mass is 10.0. The largest absolute Gasteiger partial charge is 0.354 e. The van der Waals surface area contributed by atoms with Crippen LogP contribution in [0.1, 0.15) is 67.2 Å². The van der Waals surface area contributed by atoms with Crippen LogP contribution in [0.4, 0.5) is 0 Å². The van der Waals surface area contributed by atoms with E-state index >= 15 is 0 Å². The fraction of sp³-hybridized carbons (Fsp3) is 0.778. The van der Waals surface area contributed by atoms with Crippen LogP contribution in [0.5, 0.6) is 0 Å². The van der Waals surface area contributed by atoms with E-state index in [4.69, 9.17) is 10.7 Å². The second-order valence-corrected chi connectivity index (χ2v) is 8.26. The van der Waals surface area contributed by atoms with Gasteiger partial charge in [0, 0.05) is 49.1 Å². The molecule has 0 radical (unpaired) electrons. The van der Waals surface area contributed by atoms with Gasteiger partial charge in [-0.1, -0.05) is 19.3 Å². The Balaban J connectivity index is 1.54. The van der Waals surface area contributed by atoms with Crippen LogP contribution in [0.3, 0.4) is 0 Å². The Kier molecular flexibility index (Phi) is 6.63. The monoisotopic (exact) mass is 350 g/mol. The van der Waals surface area contributed by atoms with E-state index < -0.39 is 0 Å². The van der Waals surface area contributed by atoms with Crippen molar-refractivity contribution >= 4 is 17.2 Å². The average molecular weight is 351 g/mol. The number of aromatic nitrogens is 1. The quantitative estimate of drug-likeness (QED) is 0.793. The topological polar surface area (TPSA) is 71.2 Å². The normalized spacial score (nSPS) is 22.8. The zero-order chi connectivity index (χ0) is 16.8. The minimum Gasteiger partial charge on any atom is -0.354 e. The van der Waals surface area contributed by atoms with E-state index in [1.165, 1.54) is 48.4 Å². The second kappa shape index (κ2) is 8.92. The maximum Gasteiger partial charge on any atom is 0.221 e. The number of piperidine rings is 1. The van der Waals surface area contributed by atoms with Gasteiger partial charge in [-0.2, -0.15) is 0 Å². The van der Waals surface area contributed by atoms with Gasteiger partial charge in [-0.05, 0) is 32.2 Å². The fourth-order valence-electron chi connectivity index (χ4n) is 3.91. The standard InChI is InChI=1S/C18H30N4OS/c19-9-8-17(23)20-11-15-7-3-4-10-22(15)13-16-12-21-18(24-16)14-5-1-2-6-14/h12,14-15H,1-11,13,19H2,(H,20,23). The van der Waals surface area contributed by atoms with Crippen molar-refractivity contribution in [1.82, 2.24) is 15.2 Å². The number of carbonyl (C=O) groups excluding carboxylic acids is 1. The fourth-order valence-corrected chi connectivity index (χ4v) is 5.02. The molecule has 1 saturated heterocycles. The number of hydrogen-bond donors (Lipinski definition) is 2. The number of likely N-dealkylation sites (tertiary alicyclic amines) is 1. The molecular weight excluding hydrogens is 320 g/mol. The minimum absolute atomic E-state index is 0.0735. The lowest BCUT2D eigenvalue weighted by Gasteiger charge is -2.35. The number of carbonyl (C=O) groups is 1. The van der Waals surface area contributed by atoms with Gasteiger partial charge in [-0.15, -0.1) is 11.3 Å². The number of nitrogens with one attached hydrogen (secondary N) is 1. The SMILES string of the molecule is NCCC(=O)NCC1CCCCN1Cc1cnc(C2CCCC2)s1. The molecule has 1 aromatic heterocycles. The minimum atomic E-state index is 0.0735. The Labute approximate surface area is 149 Å². The molecule has 1 unspecified atom stereocenters. The van der Waals surface area contributed by atoms with Gasteiger partial charge in [0.15, 0.2) is 0 Å². The van der Waals surface area contributed by atoms with E-state index in [1.54, 1.807) is 0 Å². The molecule has 3 N–H and O–H groups in total. The van der Waals surface area contributed by atoms with Crippen molar-refractivity contribution in [3.63, 3.8) is 0 Å². The summed E-state index contributed by atoms with van der Waals surface area (Å²) in [5, 5.41) is 4.39. The Morgan fingerprint density at radius 2 is 2.08 bits per heavy atom. The van der Waals surface area contributed by atoms with Gasteiger partial charge in [0.1, 0.15) is 0 Å². The van der Waals surface area contributed by atoms with E-state index in [9.17, 15) is 4.79 Å². The third kappa shape index (κ3) is 4.77. The lowest BCUT2D eigenvalue weighted by Crippen LogP contribution is -2.46. The molecule has 2 aliphatic rings. The molecule has 24 heavy (non-hydrogen) atoms. The Morgan fingerprint density at radius 1 is 1.29 bits per heavy atom. The maximum absolute atomic E-state index is 11.7. The Bertz CT molecular complexity index is 527. The van der Waals surface area contributed by atoms with Gasteiger partial charge in [0.05, 0.1) is 5.01 Å². The molecule has 1 saturated carbocycles. The van der Waals surface area contributed by atoms with Gasteiger partial charge < -0.3 is 11.1 Å². The number of thiazole rings is 1. The molecule has 5 nitrogen and oxygen atoms in total. The molecule has 2 fully saturated rings. The van der Waals surface area contributed by atoms with Crippen molar-refractivity contribution in [1.29, 1.82) is 0 Å². The summed E-state index contributed by atoms with van der Waals surface area (Å²) in [5.41, 5.74) is 5.44. The van der Waals surface area contributed by atoms with Crippen molar-refractivity contribution in [2.75, 3.05) is 19.6 Å². The van der Waals surface area contributed by atoms with Crippen LogP contribution >= 0.6 is 11.3 Å². The highest BCUT2D eigenvalue weighted by Gasteiger charge is 2.25.